The third-order valence-electron chi connectivity index (χ3n) is 1.70. The van der Waals surface area contributed by atoms with E-state index in [0.717, 1.165) is 6.08 Å². The Morgan fingerprint density at radius 3 is 2.56 bits per heavy atom. The summed E-state index contributed by atoms with van der Waals surface area (Å²) in [7, 11) is 0. The molecule has 0 aromatic heterocycles. The Kier molecular flexibility index (Phi) is 4.48. The van der Waals surface area contributed by atoms with Gasteiger partial charge in [0.2, 0.25) is 0 Å². The zero-order valence-electron chi connectivity index (χ0n) is 8.39. The van der Waals surface area contributed by atoms with Gasteiger partial charge in [-0.25, -0.2) is 0 Å². The van der Waals surface area contributed by atoms with Gasteiger partial charge in [0, 0.05) is 6.21 Å². The van der Waals surface area contributed by atoms with Gasteiger partial charge in [-0.1, -0.05) is 30.3 Å². The number of allylic oxidation sites excluding steroid dienone is 3. The summed E-state index contributed by atoms with van der Waals surface area (Å²) < 4.78 is 0. The molecule has 0 aliphatic carbocycles. The third kappa shape index (κ3) is 3.71. The minimum atomic E-state index is -0.358. The number of hydrogen-bond acceptors (Lipinski definition) is 3. The highest BCUT2D eigenvalue weighted by Gasteiger charge is 1.98. The van der Waals surface area contributed by atoms with Crippen LogP contribution < -0.4 is 5.11 Å². The molecule has 0 aliphatic heterocycles. The van der Waals surface area contributed by atoms with Crippen LogP contribution >= 0.6 is 11.6 Å². The number of ketones is 1. The Bertz CT molecular complexity index is 447. The van der Waals surface area contributed by atoms with Crippen LogP contribution in [0.2, 0.25) is 0 Å². The number of aliphatic imine (C=N–C) groups is 1. The molecule has 0 amide bonds. The number of halogens is 1. The molecule has 1 aromatic rings. The number of carbonyl (C=O) groups is 1. The van der Waals surface area contributed by atoms with Gasteiger partial charge in [-0.3, -0.25) is 9.79 Å². The highest BCUT2D eigenvalue weighted by Crippen LogP contribution is 2.14. The molecule has 0 aliphatic rings. The lowest BCUT2D eigenvalue weighted by atomic mass is 10.3. The minimum Gasteiger partial charge on any atom is -0.872 e. The van der Waals surface area contributed by atoms with Crippen molar-refractivity contribution in [2.45, 2.75) is 0 Å². The average molecular weight is 235 g/mol. The summed E-state index contributed by atoms with van der Waals surface area (Å²) in [5.74, 6) is -0.433. The van der Waals surface area contributed by atoms with Crippen LogP contribution in [0.5, 0.6) is 5.75 Å². The summed E-state index contributed by atoms with van der Waals surface area (Å²) in [6.45, 7) is 3.30. The van der Waals surface area contributed by atoms with E-state index < -0.39 is 0 Å². The molecule has 0 fully saturated rings. The summed E-state index contributed by atoms with van der Waals surface area (Å²) in [5, 5.41) is 10.8. The molecule has 0 heterocycles. The second kappa shape index (κ2) is 5.88. The van der Waals surface area contributed by atoms with Crippen LogP contribution in [0, 0.1) is 0 Å². The number of hydrogen-bond donors (Lipinski definition) is 0. The topological polar surface area (TPSA) is 52.5 Å². The van der Waals surface area contributed by atoms with Crippen molar-refractivity contribution in [3.8, 4) is 5.75 Å². The van der Waals surface area contributed by atoms with E-state index >= 15 is 0 Å². The van der Waals surface area contributed by atoms with Gasteiger partial charge >= 0.3 is 0 Å². The van der Waals surface area contributed by atoms with E-state index in [0.29, 0.717) is 5.69 Å². The number of carbonyl (C=O) groups excluding carboxylic acids is 1. The fourth-order valence-corrected chi connectivity index (χ4v) is 1.03. The predicted octanol–water partition coefficient (Wildman–Crippen LogP) is 2.34. The second-order valence-corrected chi connectivity index (χ2v) is 3.26. The average Bonchev–Trinajstić information content (AvgIpc) is 2.30. The molecule has 16 heavy (non-hydrogen) atoms. The van der Waals surface area contributed by atoms with Crippen LogP contribution in [-0.2, 0) is 4.79 Å². The van der Waals surface area contributed by atoms with Gasteiger partial charge in [-0.05, 0) is 24.3 Å². The Morgan fingerprint density at radius 2 is 2.00 bits per heavy atom. The largest absolute Gasteiger partial charge is 0.872 e. The van der Waals surface area contributed by atoms with Crippen molar-refractivity contribution in [2.24, 2.45) is 4.99 Å². The van der Waals surface area contributed by atoms with Crippen molar-refractivity contribution in [3.05, 3.63) is 48.0 Å². The second-order valence-electron chi connectivity index (χ2n) is 2.86. The fourth-order valence-electron chi connectivity index (χ4n) is 0.901. The first-order chi connectivity index (χ1) is 7.63. The Morgan fingerprint density at radius 1 is 1.38 bits per heavy atom. The first-order valence-corrected chi connectivity index (χ1v) is 4.85. The number of rotatable bonds is 4. The molecule has 0 N–H and O–H groups in total. The Labute approximate surface area is 98.4 Å². The summed E-state index contributed by atoms with van der Waals surface area (Å²) in [4.78, 5) is 15.0. The van der Waals surface area contributed by atoms with Gasteiger partial charge in [-0.2, -0.15) is 0 Å². The summed E-state index contributed by atoms with van der Waals surface area (Å²) >= 11 is 5.62. The maximum Gasteiger partial charge on any atom is 0.196 e. The standard InChI is InChI=1S/C12H10ClNO2/c1-2-12(16)11(13)7-8-14-9-3-5-10(15)6-4-9/h2-8,15H,1H2/p-1/b11-7-,14-8?. The maximum atomic E-state index is 11.0. The molecular formula is C12H9ClNO2-. The normalized spacial score (nSPS) is 11.7. The lowest BCUT2D eigenvalue weighted by Crippen LogP contribution is -1.90. The third-order valence-corrected chi connectivity index (χ3v) is 2.01. The van der Waals surface area contributed by atoms with Crippen molar-refractivity contribution in [1.29, 1.82) is 0 Å². The van der Waals surface area contributed by atoms with Crippen LogP contribution in [0.25, 0.3) is 0 Å². The van der Waals surface area contributed by atoms with E-state index in [1.165, 1.54) is 24.4 Å². The molecule has 0 atom stereocenters. The van der Waals surface area contributed by atoms with Crippen molar-refractivity contribution in [2.75, 3.05) is 0 Å². The Hall–Kier alpha value is -1.87. The van der Waals surface area contributed by atoms with Crippen molar-refractivity contribution in [1.82, 2.24) is 0 Å². The van der Waals surface area contributed by atoms with Gasteiger partial charge in [0.1, 0.15) is 0 Å². The minimum absolute atomic E-state index is 0.0409. The van der Waals surface area contributed by atoms with Crippen LogP contribution in [-0.4, -0.2) is 12.0 Å². The molecule has 0 saturated heterocycles. The van der Waals surface area contributed by atoms with Gasteiger partial charge < -0.3 is 5.11 Å². The number of benzene rings is 1. The summed E-state index contributed by atoms with van der Waals surface area (Å²) in [5.41, 5.74) is 0.617. The van der Waals surface area contributed by atoms with Crippen LogP contribution in [0.4, 0.5) is 5.69 Å². The van der Waals surface area contributed by atoms with Crippen LogP contribution in [0.3, 0.4) is 0 Å². The smallest absolute Gasteiger partial charge is 0.196 e. The highest BCUT2D eigenvalue weighted by molar-refractivity contribution is 6.45. The molecular weight excluding hydrogens is 226 g/mol. The van der Waals surface area contributed by atoms with E-state index in [9.17, 15) is 9.90 Å². The molecule has 0 unspecified atom stereocenters. The zero-order valence-corrected chi connectivity index (χ0v) is 9.15. The molecule has 0 saturated carbocycles. The fraction of sp³-hybridized carbons (Fsp3) is 0. The molecule has 3 nitrogen and oxygen atoms in total. The lowest BCUT2D eigenvalue weighted by molar-refractivity contribution is -0.268. The van der Waals surface area contributed by atoms with Gasteiger partial charge in [-0.15, -0.1) is 5.75 Å². The first-order valence-electron chi connectivity index (χ1n) is 4.47. The lowest BCUT2D eigenvalue weighted by Gasteiger charge is -2.02. The molecule has 4 heteroatoms. The molecule has 0 spiro atoms. The van der Waals surface area contributed by atoms with Gasteiger partial charge in [0.25, 0.3) is 0 Å². The molecule has 0 bridgehead atoms. The zero-order chi connectivity index (χ0) is 12.0. The van der Waals surface area contributed by atoms with E-state index in [4.69, 9.17) is 11.6 Å². The molecule has 82 valence electrons. The van der Waals surface area contributed by atoms with Gasteiger partial charge in [0.15, 0.2) is 5.78 Å². The summed E-state index contributed by atoms with van der Waals surface area (Å²) in [6.07, 6.45) is 3.89. The van der Waals surface area contributed by atoms with E-state index in [-0.39, 0.29) is 16.6 Å². The maximum absolute atomic E-state index is 11.0. The van der Waals surface area contributed by atoms with E-state index in [2.05, 4.69) is 11.6 Å². The van der Waals surface area contributed by atoms with Gasteiger partial charge in [0.05, 0.1) is 10.7 Å². The molecule has 0 radical (unpaired) electrons. The number of nitrogens with zero attached hydrogens (tertiary/aromatic N) is 1. The van der Waals surface area contributed by atoms with Crippen LogP contribution in [0.1, 0.15) is 0 Å². The predicted molar refractivity (Wildman–Crippen MR) is 63.2 cm³/mol. The van der Waals surface area contributed by atoms with E-state index in [1.54, 1.807) is 12.1 Å². The van der Waals surface area contributed by atoms with E-state index in [1.807, 2.05) is 0 Å². The molecule has 1 aromatic carbocycles. The van der Waals surface area contributed by atoms with Crippen molar-refractivity contribution in [3.63, 3.8) is 0 Å². The Balaban J connectivity index is 2.71. The van der Waals surface area contributed by atoms with Crippen molar-refractivity contribution < 1.29 is 9.90 Å². The SMILES string of the molecule is C=CC(=O)/C(Cl)=C/C=Nc1ccc([O-])cc1. The highest BCUT2D eigenvalue weighted by atomic mass is 35.5. The quantitative estimate of drug-likeness (QED) is 0.593. The van der Waals surface area contributed by atoms with Crippen molar-refractivity contribution >= 4 is 29.3 Å². The monoisotopic (exact) mass is 234 g/mol. The van der Waals surface area contributed by atoms with Crippen LogP contribution in [0.15, 0.2) is 53.0 Å². The molecule has 1 rings (SSSR count). The first kappa shape index (κ1) is 12.2. The summed E-state index contributed by atoms with van der Waals surface area (Å²) in [6, 6.07) is 5.98.